The summed E-state index contributed by atoms with van der Waals surface area (Å²) in [4.78, 5) is 39.8. The number of carbonyl (C=O) groups is 2. The smallest absolute Gasteiger partial charge is 0.269 e. The third-order valence-electron chi connectivity index (χ3n) is 6.85. The summed E-state index contributed by atoms with van der Waals surface area (Å²) < 4.78 is 29.6. The van der Waals surface area contributed by atoms with Crippen LogP contribution in [-0.4, -0.2) is 49.2 Å². The Labute approximate surface area is 264 Å². The van der Waals surface area contributed by atoms with E-state index in [0.717, 1.165) is 19.9 Å². The van der Waals surface area contributed by atoms with E-state index >= 15 is 0 Å². The van der Waals surface area contributed by atoms with Gasteiger partial charge in [0.25, 0.3) is 15.7 Å². The zero-order valence-electron chi connectivity index (χ0n) is 23.9. The van der Waals surface area contributed by atoms with Crippen molar-refractivity contribution in [3.63, 3.8) is 0 Å². The van der Waals surface area contributed by atoms with Gasteiger partial charge in [-0.3, -0.25) is 24.0 Å². The van der Waals surface area contributed by atoms with E-state index in [9.17, 15) is 28.1 Å². The zero-order chi connectivity index (χ0) is 31.7. The number of anilines is 1. The minimum atomic E-state index is -4.30. The first-order chi connectivity index (χ1) is 21.1. The number of nitrogens with one attached hydrogen (secondary N) is 1. The molecule has 1 atom stereocenters. The Bertz CT molecular complexity index is 1690. The number of non-ortho nitro benzene ring substituents is 1. The van der Waals surface area contributed by atoms with Crippen molar-refractivity contribution in [2.45, 2.75) is 30.8 Å². The molecule has 0 aromatic heterocycles. The molecule has 0 saturated carbocycles. The highest BCUT2D eigenvalue weighted by molar-refractivity contribution is 9.10. The highest BCUT2D eigenvalue weighted by Crippen LogP contribution is 2.27. The average Bonchev–Trinajstić information content (AvgIpc) is 3.03. The van der Waals surface area contributed by atoms with Crippen molar-refractivity contribution < 1.29 is 22.9 Å². The number of benzene rings is 4. The molecule has 44 heavy (non-hydrogen) atoms. The monoisotopic (exact) mass is 678 g/mol. The van der Waals surface area contributed by atoms with Gasteiger partial charge in [-0.15, -0.1) is 0 Å². The lowest BCUT2D eigenvalue weighted by Gasteiger charge is -2.33. The number of nitrogens with zero attached hydrogens (tertiary/aromatic N) is 3. The van der Waals surface area contributed by atoms with E-state index in [1.807, 2.05) is 54.6 Å². The van der Waals surface area contributed by atoms with Gasteiger partial charge in [-0.1, -0.05) is 76.6 Å². The molecule has 10 nitrogen and oxygen atoms in total. The second-order valence-electron chi connectivity index (χ2n) is 9.85. The molecule has 0 aliphatic heterocycles. The number of amides is 2. The quantitative estimate of drug-likeness (QED) is 0.150. The lowest BCUT2D eigenvalue weighted by molar-refractivity contribution is -0.384. The lowest BCUT2D eigenvalue weighted by atomic mass is 10.0. The SMILES string of the molecule is CCNC(=O)[C@@H](Cc1ccccc1)N(Cc1ccc(Br)cc1)C(=O)CN(c1ccc([N+](=O)[O-])cc1)S(=O)(=O)c1ccccc1. The van der Waals surface area contributed by atoms with Crippen molar-refractivity contribution in [2.24, 2.45) is 0 Å². The topological polar surface area (TPSA) is 130 Å². The van der Waals surface area contributed by atoms with Crippen LogP contribution in [0.25, 0.3) is 0 Å². The van der Waals surface area contributed by atoms with Gasteiger partial charge < -0.3 is 10.2 Å². The number of nitro groups is 1. The van der Waals surface area contributed by atoms with E-state index in [0.29, 0.717) is 6.54 Å². The summed E-state index contributed by atoms with van der Waals surface area (Å²) in [6.07, 6.45) is 0.192. The number of likely N-dealkylation sites (N-methyl/N-ethyl adjacent to an activating group) is 1. The third kappa shape index (κ3) is 8.08. The second kappa shape index (κ2) is 14.8. The van der Waals surface area contributed by atoms with Gasteiger partial charge in [-0.05, 0) is 54.4 Å². The number of carbonyl (C=O) groups excluding carboxylic acids is 2. The number of rotatable bonds is 13. The Kier molecular flexibility index (Phi) is 10.9. The summed E-state index contributed by atoms with van der Waals surface area (Å²) in [5, 5.41) is 14.1. The van der Waals surface area contributed by atoms with Gasteiger partial charge in [0, 0.05) is 36.1 Å². The summed E-state index contributed by atoms with van der Waals surface area (Å²) in [7, 11) is -4.30. The number of halogens is 1. The van der Waals surface area contributed by atoms with Gasteiger partial charge in [0.15, 0.2) is 0 Å². The molecule has 12 heteroatoms. The normalized spacial score (nSPS) is 11.8. The predicted molar refractivity (Wildman–Crippen MR) is 171 cm³/mol. The van der Waals surface area contributed by atoms with Gasteiger partial charge in [-0.25, -0.2) is 8.42 Å². The van der Waals surface area contributed by atoms with Crippen molar-refractivity contribution >= 4 is 49.1 Å². The molecule has 4 rings (SSSR count). The Balaban J connectivity index is 1.79. The fraction of sp³-hybridized carbons (Fsp3) is 0.188. The maximum atomic E-state index is 14.3. The maximum Gasteiger partial charge on any atom is 0.269 e. The molecule has 0 bridgehead atoms. The lowest BCUT2D eigenvalue weighted by Crippen LogP contribution is -2.53. The predicted octanol–water partition coefficient (Wildman–Crippen LogP) is 5.33. The van der Waals surface area contributed by atoms with Crippen LogP contribution in [0.3, 0.4) is 0 Å². The number of hydrogen-bond acceptors (Lipinski definition) is 6. The standard InChI is InChI=1S/C32H31BrN4O6S/c1-2-34-32(39)30(21-24-9-5-3-6-10-24)35(22-25-13-15-26(33)16-14-25)31(38)23-36(27-17-19-28(20-18-27)37(40)41)44(42,43)29-11-7-4-8-12-29/h3-20,30H,2,21-23H2,1H3,(H,34,39)/t30-/m1/s1. The number of sulfonamides is 1. The second-order valence-corrected chi connectivity index (χ2v) is 12.6. The summed E-state index contributed by atoms with van der Waals surface area (Å²) in [6.45, 7) is 1.49. The van der Waals surface area contributed by atoms with E-state index < -0.39 is 33.4 Å². The molecule has 0 aliphatic carbocycles. The third-order valence-corrected chi connectivity index (χ3v) is 9.16. The Morgan fingerprint density at radius 1 is 0.864 bits per heavy atom. The van der Waals surface area contributed by atoms with Crippen molar-refractivity contribution in [3.8, 4) is 0 Å². The molecule has 0 heterocycles. The molecular weight excluding hydrogens is 648 g/mol. The first-order valence-electron chi connectivity index (χ1n) is 13.8. The summed E-state index contributed by atoms with van der Waals surface area (Å²) in [6, 6.07) is 28.1. The molecule has 4 aromatic rings. The fourth-order valence-corrected chi connectivity index (χ4v) is 6.32. The van der Waals surface area contributed by atoms with Crippen LogP contribution in [0.2, 0.25) is 0 Å². The summed E-state index contributed by atoms with van der Waals surface area (Å²) in [5.41, 5.74) is 1.39. The average molecular weight is 680 g/mol. The fourth-order valence-electron chi connectivity index (χ4n) is 4.62. The van der Waals surface area contributed by atoms with E-state index in [2.05, 4.69) is 21.2 Å². The summed E-state index contributed by atoms with van der Waals surface area (Å²) >= 11 is 3.41. The number of hydrogen-bond donors (Lipinski definition) is 1. The van der Waals surface area contributed by atoms with Gasteiger partial charge in [0.05, 0.1) is 15.5 Å². The van der Waals surface area contributed by atoms with Crippen LogP contribution >= 0.6 is 15.9 Å². The van der Waals surface area contributed by atoms with E-state index in [-0.39, 0.29) is 35.1 Å². The Hall–Kier alpha value is -4.55. The molecule has 2 amide bonds. The number of nitro benzene ring substituents is 1. The Morgan fingerprint density at radius 2 is 1.45 bits per heavy atom. The highest BCUT2D eigenvalue weighted by Gasteiger charge is 2.34. The van der Waals surface area contributed by atoms with Gasteiger partial charge in [-0.2, -0.15) is 0 Å². The van der Waals surface area contributed by atoms with Crippen LogP contribution in [0.1, 0.15) is 18.1 Å². The van der Waals surface area contributed by atoms with Crippen LogP contribution in [0.5, 0.6) is 0 Å². The first kappa shape index (κ1) is 32.4. The van der Waals surface area contributed by atoms with E-state index in [1.54, 1.807) is 25.1 Å². The van der Waals surface area contributed by atoms with Gasteiger partial charge in [0.1, 0.15) is 12.6 Å². The zero-order valence-corrected chi connectivity index (χ0v) is 26.3. The van der Waals surface area contributed by atoms with Gasteiger partial charge >= 0.3 is 0 Å². The van der Waals surface area contributed by atoms with Crippen LogP contribution < -0.4 is 9.62 Å². The molecule has 0 aliphatic rings. The summed E-state index contributed by atoms with van der Waals surface area (Å²) in [5.74, 6) is -1.01. The van der Waals surface area contributed by atoms with Crippen LogP contribution in [0.15, 0.2) is 119 Å². The van der Waals surface area contributed by atoms with Crippen LogP contribution in [0.4, 0.5) is 11.4 Å². The molecule has 228 valence electrons. The highest BCUT2D eigenvalue weighted by atomic mass is 79.9. The largest absolute Gasteiger partial charge is 0.355 e. The van der Waals surface area contributed by atoms with Gasteiger partial charge in [0.2, 0.25) is 11.8 Å². The van der Waals surface area contributed by atoms with Crippen molar-refractivity contribution in [3.05, 3.63) is 135 Å². The minimum Gasteiger partial charge on any atom is -0.355 e. The van der Waals surface area contributed by atoms with Crippen molar-refractivity contribution in [1.29, 1.82) is 0 Å². The minimum absolute atomic E-state index is 0.0280. The van der Waals surface area contributed by atoms with Crippen molar-refractivity contribution in [1.82, 2.24) is 10.2 Å². The molecule has 0 spiro atoms. The van der Waals surface area contributed by atoms with Crippen molar-refractivity contribution in [2.75, 3.05) is 17.4 Å². The van der Waals surface area contributed by atoms with Crippen LogP contribution in [0, 0.1) is 10.1 Å². The molecule has 0 radical (unpaired) electrons. The maximum absolute atomic E-state index is 14.3. The van der Waals surface area contributed by atoms with E-state index in [4.69, 9.17) is 0 Å². The molecule has 1 N–H and O–H groups in total. The molecule has 0 saturated heterocycles. The van der Waals surface area contributed by atoms with E-state index in [1.165, 1.54) is 41.3 Å². The Morgan fingerprint density at radius 3 is 2.02 bits per heavy atom. The molecular formula is C32H31BrN4O6S. The molecule has 4 aromatic carbocycles. The first-order valence-corrected chi connectivity index (χ1v) is 16.0. The molecule has 0 fully saturated rings. The van der Waals surface area contributed by atoms with Crippen LogP contribution in [-0.2, 0) is 32.6 Å². The molecule has 0 unspecified atom stereocenters.